The summed E-state index contributed by atoms with van der Waals surface area (Å²) < 4.78 is 12.8. The molecule has 0 saturated carbocycles. The molecule has 0 saturated heterocycles. The topological polar surface area (TPSA) is 82.2 Å². The molecule has 170 valence electrons. The first-order valence-corrected chi connectivity index (χ1v) is 11.0. The van der Waals surface area contributed by atoms with E-state index in [1.807, 2.05) is 32.0 Å². The molecule has 0 spiro atoms. The van der Waals surface area contributed by atoms with Crippen LogP contribution in [0.25, 0.3) is 0 Å². The Morgan fingerprint density at radius 3 is 2.55 bits per heavy atom. The van der Waals surface area contributed by atoms with Gasteiger partial charge < -0.3 is 14.6 Å². The predicted octanol–water partition coefficient (Wildman–Crippen LogP) is 5.98. The first kappa shape index (κ1) is 22.9. The normalized spacial score (nSPS) is 10.9. The number of anilines is 1. The van der Waals surface area contributed by atoms with Gasteiger partial charge in [0.15, 0.2) is 11.5 Å². The quantitative estimate of drug-likeness (QED) is 0.348. The second kappa shape index (κ2) is 9.68. The maximum absolute atomic E-state index is 12.9. The van der Waals surface area contributed by atoms with Crippen molar-refractivity contribution in [2.45, 2.75) is 33.9 Å². The number of benzene rings is 2. The highest BCUT2D eigenvalue weighted by atomic mass is 35.5. The first-order valence-electron chi connectivity index (χ1n) is 10.2. The van der Waals surface area contributed by atoms with Gasteiger partial charge in [0, 0.05) is 27.9 Å². The lowest BCUT2D eigenvalue weighted by molar-refractivity contribution is 0.101. The van der Waals surface area contributed by atoms with Crippen LogP contribution in [-0.2, 0) is 13.2 Å². The van der Waals surface area contributed by atoms with Gasteiger partial charge in [-0.05, 0) is 56.2 Å². The Kier molecular flexibility index (Phi) is 6.72. The van der Waals surface area contributed by atoms with E-state index in [9.17, 15) is 4.79 Å². The fourth-order valence-electron chi connectivity index (χ4n) is 3.24. The van der Waals surface area contributed by atoms with Gasteiger partial charge >= 0.3 is 0 Å². The van der Waals surface area contributed by atoms with Crippen LogP contribution in [0.5, 0.6) is 5.75 Å². The Labute approximate surface area is 201 Å². The van der Waals surface area contributed by atoms with Crippen LogP contribution in [0, 0.1) is 20.8 Å². The number of amides is 1. The molecule has 2 aromatic carbocycles. The number of nitrogens with one attached hydrogen (secondary N) is 1. The number of rotatable bonds is 7. The van der Waals surface area contributed by atoms with Gasteiger partial charge in [-0.15, -0.1) is 0 Å². The lowest BCUT2D eigenvalue weighted by Gasteiger charge is -2.09. The number of hydrogen-bond acceptors (Lipinski definition) is 5. The van der Waals surface area contributed by atoms with Crippen LogP contribution in [-0.4, -0.2) is 20.8 Å². The molecule has 0 atom stereocenters. The summed E-state index contributed by atoms with van der Waals surface area (Å²) >= 11 is 12.5. The highest BCUT2D eigenvalue weighted by molar-refractivity contribution is 6.35. The average Bonchev–Trinajstić information content (AvgIpc) is 3.37. The molecule has 0 unspecified atom stereocenters. The smallest absolute Gasteiger partial charge is 0.279 e. The lowest BCUT2D eigenvalue weighted by atomic mass is 10.1. The van der Waals surface area contributed by atoms with Crippen molar-refractivity contribution in [3.63, 3.8) is 0 Å². The molecule has 0 aliphatic carbocycles. The van der Waals surface area contributed by atoms with E-state index < -0.39 is 5.91 Å². The van der Waals surface area contributed by atoms with Crippen molar-refractivity contribution in [3.8, 4) is 5.75 Å². The van der Waals surface area contributed by atoms with E-state index in [0.717, 1.165) is 11.1 Å². The zero-order valence-corrected chi connectivity index (χ0v) is 19.9. The molecule has 33 heavy (non-hydrogen) atoms. The highest BCUT2D eigenvalue weighted by Gasteiger charge is 2.21. The summed E-state index contributed by atoms with van der Waals surface area (Å²) in [6, 6.07) is 12.8. The van der Waals surface area contributed by atoms with Crippen LogP contribution in [0.15, 0.2) is 53.2 Å². The van der Waals surface area contributed by atoms with E-state index in [1.165, 1.54) is 5.56 Å². The standard InChI is InChI=1S/C24H22Cl2N4O3/c1-14-7-8-17(11-15(14)2)32-13-19-16(3)33-29-23(19)24(31)27-22-9-10-30(28-22)12-18-20(25)5-4-6-21(18)26/h4-11H,12-13H2,1-3H3,(H,27,28,31). The van der Waals surface area contributed by atoms with Crippen molar-refractivity contribution in [1.82, 2.24) is 14.9 Å². The van der Waals surface area contributed by atoms with Crippen molar-refractivity contribution in [1.29, 1.82) is 0 Å². The maximum Gasteiger partial charge on any atom is 0.279 e. The van der Waals surface area contributed by atoms with Crippen molar-refractivity contribution in [2.75, 3.05) is 5.32 Å². The zero-order chi connectivity index (χ0) is 23.5. The van der Waals surface area contributed by atoms with Crippen LogP contribution < -0.4 is 10.1 Å². The van der Waals surface area contributed by atoms with Crippen LogP contribution >= 0.6 is 23.2 Å². The number of hydrogen-bond donors (Lipinski definition) is 1. The Morgan fingerprint density at radius 2 is 1.82 bits per heavy atom. The largest absolute Gasteiger partial charge is 0.489 e. The summed E-state index contributed by atoms with van der Waals surface area (Å²) in [5.41, 5.74) is 3.79. The van der Waals surface area contributed by atoms with E-state index >= 15 is 0 Å². The Morgan fingerprint density at radius 1 is 1.06 bits per heavy atom. The van der Waals surface area contributed by atoms with Crippen LogP contribution in [0.1, 0.15) is 38.5 Å². The molecule has 0 aliphatic heterocycles. The Bertz CT molecular complexity index is 1290. The monoisotopic (exact) mass is 484 g/mol. The van der Waals surface area contributed by atoms with Gasteiger partial charge in [-0.2, -0.15) is 5.10 Å². The van der Waals surface area contributed by atoms with E-state index in [-0.39, 0.29) is 12.3 Å². The van der Waals surface area contributed by atoms with Crippen molar-refractivity contribution in [2.24, 2.45) is 0 Å². The zero-order valence-electron chi connectivity index (χ0n) is 18.4. The second-order valence-electron chi connectivity index (χ2n) is 7.65. The lowest BCUT2D eigenvalue weighted by Crippen LogP contribution is -2.16. The molecule has 4 aromatic rings. The molecule has 1 N–H and O–H groups in total. The predicted molar refractivity (Wildman–Crippen MR) is 127 cm³/mol. The molecule has 0 aliphatic rings. The van der Waals surface area contributed by atoms with Crippen molar-refractivity contribution < 1.29 is 14.1 Å². The summed E-state index contributed by atoms with van der Waals surface area (Å²) in [7, 11) is 0. The van der Waals surface area contributed by atoms with Gasteiger partial charge in [0.25, 0.3) is 5.91 Å². The third-order valence-corrected chi connectivity index (χ3v) is 6.03. The third-order valence-electron chi connectivity index (χ3n) is 5.33. The van der Waals surface area contributed by atoms with Gasteiger partial charge in [-0.25, -0.2) is 0 Å². The Balaban J connectivity index is 1.45. The molecular formula is C24H22Cl2N4O3. The Hall–Kier alpha value is -3.29. The summed E-state index contributed by atoms with van der Waals surface area (Å²) in [6.07, 6.45) is 1.73. The molecule has 9 heteroatoms. The van der Waals surface area contributed by atoms with Crippen molar-refractivity contribution >= 4 is 34.9 Å². The van der Waals surface area contributed by atoms with Crippen molar-refractivity contribution in [3.05, 3.63) is 92.4 Å². The van der Waals surface area contributed by atoms with Crippen LogP contribution in [0.3, 0.4) is 0 Å². The summed E-state index contributed by atoms with van der Waals surface area (Å²) in [6.45, 7) is 6.32. The minimum absolute atomic E-state index is 0.153. The summed E-state index contributed by atoms with van der Waals surface area (Å²) in [5.74, 6) is 1.15. The molecule has 2 heterocycles. The second-order valence-corrected chi connectivity index (χ2v) is 8.47. The number of carbonyl (C=O) groups is 1. The van der Waals surface area contributed by atoms with Crippen LogP contribution in [0.2, 0.25) is 10.0 Å². The van der Waals surface area contributed by atoms with Gasteiger partial charge in [0.1, 0.15) is 18.1 Å². The maximum atomic E-state index is 12.9. The SMILES string of the molecule is Cc1ccc(OCc2c(C(=O)Nc3ccn(Cc4c(Cl)cccc4Cl)n3)noc2C)cc1C. The number of aromatic nitrogens is 3. The highest BCUT2D eigenvalue weighted by Crippen LogP contribution is 2.25. The average molecular weight is 485 g/mol. The molecule has 0 radical (unpaired) electrons. The molecule has 0 fully saturated rings. The summed E-state index contributed by atoms with van der Waals surface area (Å²) in [4.78, 5) is 12.9. The fourth-order valence-corrected chi connectivity index (χ4v) is 3.75. The molecule has 7 nitrogen and oxygen atoms in total. The molecule has 0 bridgehead atoms. The minimum Gasteiger partial charge on any atom is -0.489 e. The third kappa shape index (κ3) is 5.21. The number of carbonyl (C=O) groups excluding carboxylic acids is 1. The van der Waals surface area contributed by atoms with Gasteiger partial charge in [0.2, 0.25) is 0 Å². The number of aryl methyl sites for hydroxylation is 3. The van der Waals surface area contributed by atoms with E-state index in [1.54, 1.807) is 42.1 Å². The van der Waals surface area contributed by atoms with Gasteiger partial charge in [-0.1, -0.05) is 40.5 Å². The van der Waals surface area contributed by atoms with E-state index in [2.05, 4.69) is 15.6 Å². The molecule has 1 amide bonds. The molecule has 2 aromatic heterocycles. The van der Waals surface area contributed by atoms with E-state index in [0.29, 0.717) is 39.5 Å². The van der Waals surface area contributed by atoms with Gasteiger partial charge in [-0.3, -0.25) is 9.48 Å². The number of halogens is 2. The summed E-state index contributed by atoms with van der Waals surface area (Å²) in [5, 5.41) is 12.1. The van der Waals surface area contributed by atoms with Gasteiger partial charge in [0.05, 0.1) is 12.1 Å². The molecular weight excluding hydrogens is 463 g/mol. The first-order chi connectivity index (χ1) is 15.8. The van der Waals surface area contributed by atoms with E-state index in [4.69, 9.17) is 32.5 Å². The fraction of sp³-hybridized carbons (Fsp3) is 0.208. The minimum atomic E-state index is -0.438. The number of ether oxygens (including phenoxy) is 1. The number of nitrogens with zero attached hydrogens (tertiary/aromatic N) is 3. The van der Waals surface area contributed by atoms with Crippen LogP contribution in [0.4, 0.5) is 5.82 Å². The molecule has 4 rings (SSSR count).